The molecule has 0 aliphatic heterocycles. The lowest BCUT2D eigenvalue weighted by molar-refractivity contribution is 0.102. The molecule has 0 spiro atoms. The normalized spacial score (nSPS) is 10.7. The van der Waals surface area contributed by atoms with E-state index in [4.69, 9.17) is 15.0 Å². The smallest absolute Gasteiger partial charge is 0.261 e. The molecule has 1 aromatic carbocycles. The van der Waals surface area contributed by atoms with E-state index >= 15 is 0 Å². The van der Waals surface area contributed by atoms with E-state index in [9.17, 15) is 4.79 Å². The summed E-state index contributed by atoms with van der Waals surface area (Å²) >= 11 is 0. The monoisotopic (exact) mass is 416 g/mol. The Morgan fingerprint density at radius 1 is 1.10 bits per heavy atom. The fourth-order valence-electron chi connectivity index (χ4n) is 3.06. The molecule has 0 aliphatic carbocycles. The standard InChI is InChI=1S/C22H20N6O3/c1-13-19(20(28-31-13)14-6-4-3-5-7-14)21(29)26-17-9-8-16(27-22(17)30-2)15-11-24-18(10-23)25-12-15/h3-9,11-12H,10,23H2,1-2H3,(H,26,29). The van der Waals surface area contributed by atoms with E-state index in [2.05, 4.69) is 25.4 Å². The lowest BCUT2D eigenvalue weighted by Gasteiger charge is -2.11. The van der Waals surface area contributed by atoms with E-state index < -0.39 is 0 Å². The van der Waals surface area contributed by atoms with Crippen molar-refractivity contribution in [3.05, 3.63) is 72.0 Å². The van der Waals surface area contributed by atoms with Gasteiger partial charge in [-0.05, 0) is 19.1 Å². The molecule has 0 saturated heterocycles. The van der Waals surface area contributed by atoms with Crippen molar-refractivity contribution in [1.29, 1.82) is 0 Å². The minimum absolute atomic E-state index is 0.254. The molecular weight excluding hydrogens is 396 g/mol. The zero-order valence-corrected chi connectivity index (χ0v) is 17.0. The quantitative estimate of drug-likeness (QED) is 0.490. The van der Waals surface area contributed by atoms with Crippen LogP contribution in [-0.2, 0) is 6.54 Å². The van der Waals surface area contributed by atoms with Crippen LogP contribution in [0.1, 0.15) is 21.9 Å². The van der Waals surface area contributed by atoms with Gasteiger partial charge in [-0.2, -0.15) is 0 Å². The van der Waals surface area contributed by atoms with Crippen molar-refractivity contribution in [2.75, 3.05) is 12.4 Å². The van der Waals surface area contributed by atoms with Crippen LogP contribution < -0.4 is 15.8 Å². The van der Waals surface area contributed by atoms with E-state index in [0.717, 1.165) is 5.56 Å². The van der Waals surface area contributed by atoms with Gasteiger partial charge in [-0.3, -0.25) is 4.79 Å². The number of carbonyl (C=O) groups excluding carboxylic acids is 1. The molecule has 9 nitrogen and oxygen atoms in total. The molecule has 4 aromatic rings. The van der Waals surface area contributed by atoms with Crippen molar-refractivity contribution in [3.8, 4) is 28.4 Å². The number of nitrogens with zero attached hydrogens (tertiary/aromatic N) is 4. The number of aromatic nitrogens is 4. The first-order chi connectivity index (χ1) is 15.1. The average molecular weight is 416 g/mol. The predicted molar refractivity (Wildman–Crippen MR) is 114 cm³/mol. The van der Waals surface area contributed by atoms with E-state index in [1.807, 2.05) is 30.3 Å². The minimum Gasteiger partial charge on any atom is -0.479 e. The van der Waals surface area contributed by atoms with Crippen LogP contribution in [0.5, 0.6) is 5.88 Å². The maximum absolute atomic E-state index is 13.1. The number of ether oxygens (including phenoxy) is 1. The van der Waals surface area contributed by atoms with Crippen LogP contribution in [0.2, 0.25) is 0 Å². The third kappa shape index (κ3) is 4.12. The second-order valence-corrected chi connectivity index (χ2v) is 6.63. The second-order valence-electron chi connectivity index (χ2n) is 6.63. The fraction of sp³-hybridized carbons (Fsp3) is 0.136. The Morgan fingerprint density at radius 2 is 1.84 bits per heavy atom. The number of methoxy groups -OCH3 is 1. The summed E-state index contributed by atoms with van der Waals surface area (Å²) in [6.45, 7) is 1.95. The molecule has 3 heterocycles. The Morgan fingerprint density at radius 3 is 2.52 bits per heavy atom. The zero-order valence-electron chi connectivity index (χ0n) is 17.0. The number of rotatable bonds is 6. The molecular formula is C22H20N6O3. The van der Waals surface area contributed by atoms with Crippen LogP contribution in [0.4, 0.5) is 5.69 Å². The Bertz CT molecular complexity index is 1210. The first-order valence-corrected chi connectivity index (χ1v) is 9.50. The van der Waals surface area contributed by atoms with E-state index in [1.165, 1.54) is 7.11 Å². The number of anilines is 1. The van der Waals surface area contributed by atoms with E-state index in [1.54, 1.807) is 31.5 Å². The number of amides is 1. The van der Waals surface area contributed by atoms with Gasteiger partial charge >= 0.3 is 0 Å². The summed E-state index contributed by atoms with van der Waals surface area (Å²) in [5.41, 5.74) is 8.86. The molecule has 0 fully saturated rings. The molecule has 4 rings (SSSR count). The molecule has 0 radical (unpaired) electrons. The number of hydrogen-bond donors (Lipinski definition) is 2. The van der Waals surface area contributed by atoms with Gasteiger partial charge in [-0.25, -0.2) is 15.0 Å². The molecule has 156 valence electrons. The topological polar surface area (TPSA) is 129 Å². The van der Waals surface area contributed by atoms with Crippen LogP contribution in [0.25, 0.3) is 22.5 Å². The highest BCUT2D eigenvalue weighted by molar-refractivity contribution is 6.09. The van der Waals surface area contributed by atoms with Gasteiger partial charge in [0.2, 0.25) is 5.88 Å². The minimum atomic E-state index is -0.374. The van der Waals surface area contributed by atoms with Gasteiger partial charge in [0.25, 0.3) is 5.91 Å². The van der Waals surface area contributed by atoms with Crippen molar-refractivity contribution in [3.63, 3.8) is 0 Å². The first kappa shape index (κ1) is 20.2. The summed E-state index contributed by atoms with van der Waals surface area (Å²) in [7, 11) is 1.48. The highest BCUT2D eigenvalue weighted by Crippen LogP contribution is 2.29. The zero-order chi connectivity index (χ0) is 21.8. The Kier molecular flexibility index (Phi) is 5.67. The van der Waals surface area contributed by atoms with Crippen molar-refractivity contribution < 1.29 is 14.1 Å². The Balaban J connectivity index is 1.63. The van der Waals surface area contributed by atoms with Crippen LogP contribution in [0.15, 0.2) is 59.4 Å². The summed E-state index contributed by atoms with van der Waals surface area (Å²) in [6, 6.07) is 12.8. The summed E-state index contributed by atoms with van der Waals surface area (Å²) in [5, 5.41) is 6.89. The van der Waals surface area contributed by atoms with Gasteiger partial charge in [0.15, 0.2) is 0 Å². The van der Waals surface area contributed by atoms with Crippen LogP contribution in [-0.4, -0.2) is 33.1 Å². The molecule has 0 aliphatic rings. The Hall–Kier alpha value is -4.11. The fourth-order valence-corrected chi connectivity index (χ4v) is 3.06. The highest BCUT2D eigenvalue weighted by Gasteiger charge is 2.23. The maximum Gasteiger partial charge on any atom is 0.261 e. The molecule has 0 bridgehead atoms. The third-order valence-corrected chi connectivity index (χ3v) is 4.62. The molecule has 0 saturated carbocycles. The van der Waals surface area contributed by atoms with Gasteiger partial charge < -0.3 is 20.3 Å². The Labute approximate surface area is 178 Å². The number of hydrogen-bond acceptors (Lipinski definition) is 8. The third-order valence-electron chi connectivity index (χ3n) is 4.62. The first-order valence-electron chi connectivity index (χ1n) is 9.50. The summed E-state index contributed by atoms with van der Waals surface area (Å²) in [5.74, 6) is 0.833. The molecule has 1 amide bonds. The van der Waals surface area contributed by atoms with Crippen LogP contribution >= 0.6 is 0 Å². The summed E-state index contributed by atoms with van der Waals surface area (Å²) in [4.78, 5) is 25.9. The number of benzene rings is 1. The predicted octanol–water partition coefficient (Wildman–Crippen LogP) is 3.22. The lowest BCUT2D eigenvalue weighted by atomic mass is 10.1. The van der Waals surface area contributed by atoms with Crippen molar-refractivity contribution in [1.82, 2.24) is 20.1 Å². The van der Waals surface area contributed by atoms with Gasteiger partial charge in [0.1, 0.15) is 28.5 Å². The largest absolute Gasteiger partial charge is 0.479 e. The molecule has 3 N–H and O–H groups in total. The number of carbonyl (C=O) groups is 1. The van der Waals surface area contributed by atoms with E-state index in [-0.39, 0.29) is 18.3 Å². The van der Waals surface area contributed by atoms with Gasteiger partial charge in [0.05, 0.1) is 19.3 Å². The van der Waals surface area contributed by atoms with Gasteiger partial charge in [-0.15, -0.1) is 0 Å². The summed E-state index contributed by atoms with van der Waals surface area (Å²) < 4.78 is 10.7. The molecule has 0 atom stereocenters. The van der Waals surface area contributed by atoms with Crippen molar-refractivity contribution in [2.45, 2.75) is 13.5 Å². The number of aryl methyl sites for hydroxylation is 1. The average Bonchev–Trinajstić information content (AvgIpc) is 3.21. The molecule has 9 heteroatoms. The SMILES string of the molecule is COc1nc(-c2cnc(CN)nc2)ccc1NC(=O)c1c(-c2ccccc2)noc1C. The molecule has 3 aromatic heterocycles. The van der Waals surface area contributed by atoms with E-state index in [0.29, 0.717) is 39.8 Å². The molecule has 31 heavy (non-hydrogen) atoms. The second kappa shape index (κ2) is 8.72. The maximum atomic E-state index is 13.1. The van der Waals surface area contributed by atoms with Crippen molar-refractivity contribution in [2.24, 2.45) is 5.73 Å². The van der Waals surface area contributed by atoms with Crippen LogP contribution in [0.3, 0.4) is 0 Å². The van der Waals surface area contributed by atoms with Gasteiger partial charge in [-0.1, -0.05) is 35.5 Å². The number of nitrogens with two attached hydrogens (primary N) is 1. The van der Waals surface area contributed by atoms with Crippen molar-refractivity contribution >= 4 is 11.6 Å². The summed E-state index contributed by atoms with van der Waals surface area (Å²) in [6.07, 6.45) is 3.28. The number of nitrogens with one attached hydrogen (secondary N) is 1. The lowest BCUT2D eigenvalue weighted by Crippen LogP contribution is -2.14. The highest BCUT2D eigenvalue weighted by atomic mass is 16.5. The molecule has 0 unspecified atom stereocenters. The van der Waals surface area contributed by atoms with Crippen LogP contribution in [0, 0.1) is 6.92 Å². The number of pyridine rings is 1. The van der Waals surface area contributed by atoms with Gasteiger partial charge in [0, 0.05) is 23.5 Å².